The summed E-state index contributed by atoms with van der Waals surface area (Å²) in [7, 11) is 0. The van der Waals surface area contributed by atoms with Crippen LogP contribution in [0.4, 0.5) is 0 Å². The average molecular weight is 300 g/mol. The summed E-state index contributed by atoms with van der Waals surface area (Å²) >= 11 is 0. The number of hydrogen-bond donors (Lipinski definition) is 1. The molecule has 1 saturated heterocycles. The first kappa shape index (κ1) is 18.9. The van der Waals surface area contributed by atoms with Crippen molar-refractivity contribution in [3.63, 3.8) is 0 Å². The second-order valence-corrected chi connectivity index (χ2v) is 8.39. The molecule has 0 aromatic carbocycles. The lowest BCUT2D eigenvalue weighted by atomic mass is 9.96. The molecule has 0 aromatic rings. The van der Waals surface area contributed by atoms with E-state index in [9.17, 15) is 0 Å². The lowest BCUT2D eigenvalue weighted by Crippen LogP contribution is -2.47. The van der Waals surface area contributed by atoms with Crippen molar-refractivity contribution >= 4 is 0 Å². The standard InChI is InChI=1S/C17H36N2O2/c1-16(2,3)14-19-9-11-21-15(12-19)13-20-10-7-8-18-17(4,5)6/h15,18H,7-14H2,1-6H3/t15-/m1/s1. The molecule has 1 fully saturated rings. The average Bonchev–Trinajstić information content (AvgIpc) is 2.30. The number of rotatable bonds is 7. The Kier molecular flexibility index (Phi) is 7.62. The summed E-state index contributed by atoms with van der Waals surface area (Å²) in [5, 5.41) is 3.47. The number of nitrogens with zero attached hydrogens (tertiary/aromatic N) is 1. The normalized spacial score (nSPS) is 21.7. The largest absolute Gasteiger partial charge is 0.379 e. The fourth-order valence-electron chi connectivity index (χ4n) is 2.55. The summed E-state index contributed by atoms with van der Waals surface area (Å²) < 4.78 is 11.6. The van der Waals surface area contributed by atoms with Crippen LogP contribution in [0.5, 0.6) is 0 Å². The van der Waals surface area contributed by atoms with E-state index in [1.54, 1.807) is 0 Å². The first-order valence-corrected chi connectivity index (χ1v) is 8.32. The topological polar surface area (TPSA) is 33.7 Å². The molecule has 0 aromatic heterocycles. The van der Waals surface area contributed by atoms with E-state index in [1.807, 2.05) is 0 Å². The number of hydrogen-bond acceptors (Lipinski definition) is 4. The third-order valence-electron chi connectivity index (χ3n) is 3.35. The van der Waals surface area contributed by atoms with E-state index in [4.69, 9.17) is 9.47 Å². The van der Waals surface area contributed by atoms with Crippen LogP contribution in [0.25, 0.3) is 0 Å². The van der Waals surface area contributed by atoms with E-state index >= 15 is 0 Å². The van der Waals surface area contributed by atoms with Crippen molar-refractivity contribution in [1.29, 1.82) is 0 Å². The molecule has 0 saturated carbocycles. The van der Waals surface area contributed by atoms with Crippen molar-refractivity contribution in [1.82, 2.24) is 10.2 Å². The van der Waals surface area contributed by atoms with Gasteiger partial charge >= 0.3 is 0 Å². The lowest BCUT2D eigenvalue weighted by Gasteiger charge is -2.36. The van der Waals surface area contributed by atoms with Gasteiger partial charge in [0, 0.05) is 31.8 Å². The van der Waals surface area contributed by atoms with E-state index in [2.05, 4.69) is 51.8 Å². The van der Waals surface area contributed by atoms with E-state index in [-0.39, 0.29) is 11.6 Å². The Morgan fingerprint density at radius 2 is 1.90 bits per heavy atom. The highest BCUT2D eigenvalue weighted by molar-refractivity contribution is 4.76. The molecule has 4 nitrogen and oxygen atoms in total. The van der Waals surface area contributed by atoms with Crippen molar-refractivity contribution in [2.24, 2.45) is 5.41 Å². The predicted octanol–water partition coefficient (Wildman–Crippen LogP) is 2.53. The molecule has 0 spiro atoms. The molecule has 4 heteroatoms. The van der Waals surface area contributed by atoms with Crippen LogP contribution in [0.15, 0.2) is 0 Å². The van der Waals surface area contributed by atoms with Gasteiger partial charge in [0.05, 0.1) is 19.3 Å². The zero-order valence-corrected chi connectivity index (χ0v) is 15.0. The molecule has 1 atom stereocenters. The maximum Gasteiger partial charge on any atom is 0.0935 e. The summed E-state index contributed by atoms with van der Waals surface area (Å²) in [6.07, 6.45) is 1.28. The molecule has 0 unspecified atom stereocenters. The van der Waals surface area contributed by atoms with Gasteiger partial charge in [-0.05, 0) is 39.2 Å². The number of nitrogens with one attached hydrogen (secondary N) is 1. The van der Waals surface area contributed by atoms with Crippen LogP contribution in [0.1, 0.15) is 48.0 Å². The lowest BCUT2D eigenvalue weighted by molar-refractivity contribution is -0.0746. The summed E-state index contributed by atoms with van der Waals surface area (Å²) in [5.41, 5.74) is 0.543. The molecule has 1 heterocycles. The second-order valence-electron chi connectivity index (χ2n) is 8.39. The third-order valence-corrected chi connectivity index (χ3v) is 3.35. The van der Waals surface area contributed by atoms with Crippen LogP contribution in [-0.4, -0.2) is 62.5 Å². The van der Waals surface area contributed by atoms with Gasteiger partial charge in [-0.25, -0.2) is 0 Å². The summed E-state index contributed by atoms with van der Waals surface area (Å²) in [6, 6.07) is 0. The molecule has 0 radical (unpaired) electrons. The Morgan fingerprint density at radius 3 is 2.52 bits per heavy atom. The van der Waals surface area contributed by atoms with Gasteiger partial charge in [0.2, 0.25) is 0 Å². The number of ether oxygens (including phenoxy) is 2. The van der Waals surface area contributed by atoms with Crippen molar-refractivity contribution in [3.8, 4) is 0 Å². The highest BCUT2D eigenvalue weighted by Gasteiger charge is 2.24. The maximum absolute atomic E-state index is 5.80. The molecule has 0 amide bonds. The van der Waals surface area contributed by atoms with Crippen LogP contribution in [0.3, 0.4) is 0 Å². The zero-order valence-electron chi connectivity index (χ0n) is 15.0. The first-order valence-electron chi connectivity index (χ1n) is 8.32. The smallest absolute Gasteiger partial charge is 0.0935 e. The van der Waals surface area contributed by atoms with Crippen LogP contribution in [0.2, 0.25) is 0 Å². The van der Waals surface area contributed by atoms with E-state index in [1.165, 1.54) is 0 Å². The van der Waals surface area contributed by atoms with E-state index < -0.39 is 0 Å². The molecule has 1 N–H and O–H groups in total. The summed E-state index contributed by atoms with van der Waals surface area (Å²) in [6.45, 7) is 20.0. The fourth-order valence-corrected chi connectivity index (χ4v) is 2.55. The minimum Gasteiger partial charge on any atom is -0.379 e. The van der Waals surface area contributed by atoms with Crippen LogP contribution < -0.4 is 5.32 Å². The molecule has 1 rings (SSSR count). The Morgan fingerprint density at radius 1 is 1.19 bits per heavy atom. The van der Waals surface area contributed by atoms with Gasteiger partial charge in [0.15, 0.2) is 0 Å². The predicted molar refractivity (Wildman–Crippen MR) is 88.8 cm³/mol. The summed E-state index contributed by atoms with van der Waals surface area (Å²) in [5.74, 6) is 0. The molecule has 1 aliphatic rings. The van der Waals surface area contributed by atoms with Gasteiger partial charge < -0.3 is 14.8 Å². The van der Waals surface area contributed by atoms with E-state index in [0.717, 1.165) is 52.4 Å². The maximum atomic E-state index is 5.80. The van der Waals surface area contributed by atoms with Gasteiger partial charge in [-0.1, -0.05) is 20.8 Å². The highest BCUT2D eigenvalue weighted by Crippen LogP contribution is 2.17. The fraction of sp³-hybridized carbons (Fsp3) is 1.00. The van der Waals surface area contributed by atoms with Crippen molar-refractivity contribution < 1.29 is 9.47 Å². The van der Waals surface area contributed by atoms with Gasteiger partial charge in [-0.2, -0.15) is 0 Å². The molecular formula is C17H36N2O2. The molecule has 0 bridgehead atoms. The van der Waals surface area contributed by atoms with Crippen LogP contribution >= 0.6 is 0 Å². The summed E-state index contributed by atoms with van der Waals surface area (Å²) in [4.78, 5) is 2.50. The third kappa shape index (κ3) is 10.2. The van der Waals surface area contributed by atoms with E-state index in [0.29, 0.717) is 5.41 Å². The molecule has 126 valence electrons. The molecule has 21 heavy (non-hydrogen) atoms. The minimum absolute atomic E-state index is 0.194. The Hall–Kier alpha value is -0.160. The van der Waals surface area contributed by atoms with Crippen LogP contribution in [0, 0.1) is 5.41 Å². The van der Waals surface area contributed by atoms with Gasteiger partial charge in [0.25, 0.3) is 0 Å². The highest BCUT2D eigenvalue weighted by atomic mass is 16.5. The van der Waals surface area contributed by atoms with Crippen molar-refractivity contribution in [2.75, 3.05) is 46.0 Å². The Labute approximate surface area is 131 Å². The first-order chi connectivity index (χ1) is 9.66. The van der Waals surface area contributed by atoms with Crippen LogP contribution in [-0.2, 0) is 9.47 Å². The molecule has 0 aliphatic carbocycles. The quantitative estimate of drug-likeness (QED) is 0.733. The Bertz CT molecular complexity index is 281. The molecular weight excluding hydrogens is 264 g/mol. The second kappa shape index (κ2) is 8.47. The number of morpholine rings is 1. The van der Waals surface area contributed by atoms with Crippen molar-refractivity contribution in [2.45, 2.75) is 59.6 Å². The van der Waals surface area contributed by atoms with Gasteiger partial charge in [-0.15, -0.1) is 0 Å². The van der Waals surface area contributed by atoms with Gasteiger partial charge in [0.1, 0.15) is 0 Å². The van der Waals surface area contributed by atoms with Crippen molar-refractivity contribution in [3.05, 3.63) is 0 Å². The monoisotopic (exact) mass is 300 g/mol. The van der Waals surface area contributed by atoms with Gasteiger partial charge in [-0.3, -0.25) is 4.90 Å². The molecule has 1 aliphatic heterocycles. The Balaban J connectivity index is 2.09. The zero-order chi connectivity index (χ0) is 15.9. The minimum atomic E-state index is 0.194. The SMILES string of the molecule is CC(C)(C)CN1CCO[C@@H](COCCCNC(C)(C)C)C1.